The van der Waals surface area contributed by atoms with Crippen LogP contribution in [0.25, 0.3) is 0 Å². The van der Waals surface area contributed by atoms with Crippen LogP contribution in [0.4, 0.5) is 0 Å². The van der Waals surface area contributed by atoms with E-state index >= 15 is 0 Å². The average Bonchev–Trinajstić information content (AvgIpc) is 2.17. The van der Waals surface area contributed by atoms with Crippen LogP contribution in [0, 0.1) is 0 Å². The van der Waals surface area contributed by atoms with E-state index in [1.165, 1.54) is 5.56 Å². The summed E-state index contributed by atoms with van der Waals surface area (Å²) in [6.45, 7) is 6.20. The Balaban J connectivity index is 2.81. The predicted octanol–water partition coefficient (Wildman–Crippen LogP) is 3.25. The van der Waals surface area contributed by atoms with Crippen molar-refractivity contribution in [1.82, 2.24) is 0 Å². The number of hydrogen-bond donors (Lipinski definition) is 1. The number of aliphatic hydroxyl groups is 1. The molecule has 0 radical (unpaired) electrons. The zero-order valence-electron chi connectivity index (χ0n) is 8.62. The molecule has 0 fully saturated rings. The second kappa shape index (κ2) is 4.43. The van der Waals surface area contributed by atoms with Crippen LogP contribution in [0.15, 0.2) is 24.3 Å². The summed E-state index contributed by atoms with van der Waals surface area (Å²) >= 11 is 0. The molecule has 1 unspecified atom stereocenters. The number of benzene rings is 1. The van der Waals surface area contributed by atoms with Crippen LogP contribution in [0.2, 0.25) is 0 Å². The molecule has 0 bridgehead atoms. The smallest absolute Gasteiger partial charge is 0.0761 e. The lowest BCUT2D eigenvalue weighted by Crippen LogP contribution is -1.94. The lowest BCUT2D eigenvalue weighted by molar-refractivity contribution is 0.199. The summed E-state index contributed by atoms with van der Waals surface area (Å²) in [4.78, 5) is 0. The molecule has 1 N–H and O–H groups in total. The first-order valence-electron chi connectivity index (χ1n) is 4.93. The molecular weight excluding hydrogens is 160 g/mol. The molecule has 0 saturated carbocycles. The lowest BCUT2D eigenvalue weighted by atomic mass is 9.97. The van der Waals surface area contributed by atoms with Crippen LogP contribution >= 0.6 is 0 Å². The Bertz CT molecular complexity index is 248. The fourth-order valence-corrected chi connectivity index (χ4v) is 1.34. The van der Waals surface area contributed by atoms with Gasteiger partial charge in [-0.1, -0.05) is 38.1 Å². The van der Waals surface area contributed by atoms with Crippen molar-refractivity contribution < 1.29 is 5.11 Å². The van der Waals surface area contributed by atoms with Crippen LogP contribution in [0.1, 0.15) is 50.3 Å². The van der Waals surface area contributed by atoms with Crippen molar-refractivity contribution in [3.8, 4) is 0 Å². The first kappa shape index (κ1) is 10.3. The van der Waals surface area contributed by atoms with E-state index < -0.39 is 0 Å². The van der Waals surface area contributed by atoms with Gasteiger partial charge < -0.3 is 5.11 Å². The van der Waals surface area contributed by atoms with Gasteiger partial charge in [0.2, 0.25) is 0 Å². The highest BCUT2D eigenvalue weighted by Crippen LogP contribution is 2.20. The van der Waals surface area contributed by atoms with Gasteiger partial charge in [0.1, 0.15) is 0 Å². The van der Waals surface area contributed by atoms with Crippen molar-refractivity contribution in [2.24, 2.45) is 0 Å². The Morgan fingerprint density at radius 2 is 1.54 bits per heavy atom. The molecule has 72 valence electrons. The topological polar surface area (TPSA) is 20.2 Å². The van der Waals surface area contributed by atoms with E-state index in [1.807, 2.05) is 12.1 Å². The van der Waals surface area contributed by atoms with Gasteiger partial charge in [0.05, 0.1) is 6.10 Å². The summed E-state index contributed by atoms with van der Waals surface area (Å²) in [6, 6.07) is 8.23. The van der Waals surface area contributed by atoms with Gasteiger partial charge in [-0.2, -0.15) is 0 Å². The third-order valence-corrected chi connectivity index (χ3v) is 2.60. The van der Waals surface area contributed by atoms with E-state index in [0.29, 0.717) is 5.92 Å². The molecule has 0 aromatic heterocycles. The van der Waals surface area contributed by atoms with Crippen molar-refractivity contribution in [2.45, 2.75) is 39.2 Å². The second-order valence-corrected chi connectivity index (χ2v) is 3.65. The Hall–Kier alpha value is -0.820. The van der Waals surface area contributed by atoms with E-state index in [-0.39, 0.29) is 6.10 Å². The highest BCUT2D eigenvalue weighted by molar-refractivity contribution is 5.25. The normalized spacial score (nSPS) is 15.4. The number of hydrogen-bond acceptors (Lipinski definition) is 1. The molecule has 1 nitrogen and oxygen atoms in total. The maximum absolute atomic E-state index is 9.31. The maximum atomic E-state index is 9.31. The quantitative estimate of drug-likeness (QED) is 0.753. The largest absolute Gasteiger partial charge is 0.389 e. The molecule has 1 heteroatoms. The van der Waals surface area contributed by atoms with Gasteiger partial charge in [0, 0.05) is 0 Å². The summed E-state index contributed by atoms with van der Waals surface area (Å²) in [5.74, 6) is 0.614. The van der Waals surface area contributed by atoms with Crippen LogP contribution < -0.4 is 0 Å². The van der Waals surface area contributed by atoms with Crippen molar-refractivity contribution >= 4 is 0 Å². The molecule has 0 aliphatic rings. The number of rotatable bonds is 3. The summed E-state index contributed by atoms with van der Waals surface area (Å²) in [7, 11) is 0. The van der Waals surface area contributed by atoms with Crippen LogP contribution in [0.3, 0.4) is 0 Å². The van der Waals surface area contributed by atoms with E-state index in [1.54, 1.807) is 6.92 Å². The summed E-state index contributed by atoms with van der Waals surface area (Å²) in [6.07, 6.45) is 0.805. The fraction of sp³-hybridized carbons (Fsp3) is 0.500. The first-order valence-corrected chi connectivity index (χ1v) is 4.93. The molecule has 0 saturated heterocycles. The van der Waals surface area contributed by atoms with Crippen LogP contribution in [-0.2, 0) is 0 Å². The van der Waals surface area contributed by atoms with Crippen LogP contribution in [0.5, 0.6) is 0 Å². The molecule has 1 aromatic rings. The van der Waals surface area contributed by atoms with Crippen molar-refractivity contribution in [3.05, 3.63) is 35.4 Å². The molecule has 0 aliphatic carbocycles. The van der Waals surface area contributed by atoms with Gasteiger partial charge in [0.15, 0.2) is 0 Å². The average molecular weight is 178 g/mol. The minimum atomic E-state index is -0.356. The minimum Gasteiger partial charge on any atom is -0.389 e. The molecular formula is C12H18O. The summed E-state index contributed by atoms with van der Waals surface area (Å²) in [5.41, 5.74) is 2.35. The van der Waals surface area contributed by atoms with E-state index in [0.717, 1.165) is 12.0 Å². The SMILES string of the molecule is CCC(C)c1ccc([C@H](C)O)cc1. The van der Waals surface area contributed by atoms with E-state index in [9.17, 15) is 5.11 Å². The predicted molar refractivity (Wildman–Crippen MR) is 55.8 cm³/mol. The second-order valence-electron chi connectivity index (χ2n) is 3.65. The lowest BCUT2D eigenvalue weighted by Gasteiger charge is -2.10. The van der Waals surface area contributed by atoms with Gasteiger partial charge >= 0.3 is 0 Å². The standard InChI is InChI=1S/C12H18O/c1-4-9(2)11-5-7-12(8-6-11)10(3)13/h5-10,13H,4H2,1-3H3/t9?,10-/m0/s1. The molecule has 0 aliphatic heterocycles. The Morgan fingerprint density at radius 1 is 1.08 bits per heavy atom. The van der Waals surface area contributed by atoms with Crippen molar-refractivity contribution in [3.63, 3.8) is 0 Å². The molecule has 0 heterocycles. The van der Waals surface area contributed by atoms with Gasteiger partial charge in [0.25, 0.3) is 0 Å². The van der Waals surface area contributed by atoms with Gasteiger partial charge in [-0.15, -0.1) is 0 Å². The molecule has 0 amide bonds. The number of aliphatic hydroxyl groups excluding tert-OH is 1. The van der Waals surface area contributed by atoms with Crippen LogP contribution in [-0.4, -0.2) is 5.11 Å². The zero-order chi connectivity index (χ0) is 9.84. The zero-order valence-corrected chi connectivity index (χ0v) is 8.62. The molecule has 2 atom stereocenters. The minimum absolute atomic E-state index is 0.356. The Morgan fingerprint density at radius 3 is 1.92 bits per heavy atom. The summed E-state index contributed by atoms with van der Waals surface area (Å²) in [5, 5.41) is 9.31. The van der Waals surface area contributed by atoms with Gasteiger partial charge in [-0.25, -0.2) is 0 Å². The Labute approximate surface area is 80.4 Å². The van der Waals surface area contributed by atoms with Crippen molar-refractivity contribution in [1.29, 1.82) is 0 Å². The van der Waals surface area contributed by atoms with E-state index in [2.05, 4.69) is 26.0 Å². The molecule has 0 spiro atoms. The highest BCUT2D eigenvalue weighted by Gasteiger charge is 2.04. The highest BCUT2D eigenvalue weighted by atomic mass is 16.3. The molecule has 13 heavy (non-hydrogen) atoms. The molecule has 1 aromatic carbocycles. The van der Waals surface area contributed by atoms with E-state index in [4.69, 9.17) is 0 Å². The third-order valence-electron chi connectivity index (χ3n) is 2.60. The van der Waals surface area contributed by atoms with Gasteiger partial charge in [-0.3, -0.25) is 0 Å². The monoisotopic (exact) mass is 178 g/mol. The first-order chi connectivity index (χ1) is 6.15. The van der Waals surface area contributed by atoms with Gasteiger partial charge in [-0.05, 0) is 30.4 Å². The molecule has 1 rings (SSSR count). The van der Waals surface area contributed by atoms with Crippen molar-refractivity contribution in [2.75, 3.05) is 0 Å². The summed E-state index contributed by atoms with van der Waals surface area (Å²) < 4.78 is 0. The third kappa shape index (κ3) is 2.56. The maximum Gasteiger partial charge on any atom is 0.0761 e. The Kier molecular flexibility index (Phi) is 3.49. The fourth-order valence-electron chi connectivity index (χ4n) is 1.34.